The van der Waals surface area contributed by atoms with E-state index in [2.05, 4.69) is 31.9 Å². The first kappa shape index (κ1) is 21.5. The summed E-state index contributed by atoms with van der Waals surface area (Å²) in [6.45, 7) is -0.426. The van der Waals surface area contributed by atoms with Crippen LogP contribution in [0.25, 0.3) is 0 Å². The zero-order valence-electron chi connectivity index (χ0n) is 16.8. The number of rotatable bonds is 5. The number of anilines is 1. The zero-order valence-corrected chi connectivity index (χ0v) is 20.0. The number of para-hydroxylation sites is 1. The molecule has 2 aliphatic carbocycles. The molecule has 3 aliphatic rings. The van der Waals surface area contributed by atoms with Crippen molar-refractivity contribution in [2.75, 3.05) is 11.5 Å². The van der Waals surface area contributed by atoms with Gasteiger partial charge in [-0.15, -0.1) is 0 Å². The van der Waals surface area contributed by atoms with Crippen molar-refractivity contribution >= 4 is 61.1 Å². The average molecular weight is 561 g/mol. The molecular weight excluding hydrogens is 542 g/mol. The Kier molecular flexibility index (Phi) is 5.53. The third kappa shape index (κ3) is 3.27. The van der Waals surface area contributed by atoms with E-state index in [0.717, 1.165) is 11.3 Å². The normalized spacial score (nSPS) is 30.5. The van der Waals surface area contributed by atoms with Gasteiger partial charge < -0.3 is 4.74 Å². The van der Waals surface area contributed by atoms with Gasteiger partial charge in [0, 0.05) is 15.2 Å². The van der Waals surface area contributed by atoms with Crippen LogP contribution in [0.15, 0.2) is 54.6 Å². The standard InChI is InChI=1S/C24H19Br2NO5/c25-20-14-10-15(21(20)26)19-18(14)22(29)27(23(19)30)16-9-5-4-8-13(16)24(31)32-11-17(28)12-6-2-1-3-7-12/h1-9,14-15,18-21H,10-11H2/t14-,15+,18-,19+,20-,21+. The molecule has 6 nitrogen and oxygen atoms in total. The van der Waals surface area contributed by atoms with Gasteiger partial charge in [0.25, 0.3) is 0 Å². The molecular formula is C24H19Br2NO5. The molecule has 6 atom stereocenters. The number of carbonyl (C=O) groups excluding carboxylic acids is 4. The Morgan fingerprint density at radius 3 is 2.06 bits per heavy atom. The van der Waals surface area contributed by atoms with E-state index in [-0.39, 0.29) is 62.2 Å². The molecule has 32 heavy (non-hydrogen) atoms. The average Bonchev–Trinajstić information content (AvgIpc) is 3.42. The third-order valence-corrected chi connectivity index (χ3v) is 9.99. The number of alkyl halides is 2. The maximum Gasteiger partial charge on any atom is 0.340 e. The Morgan fingerprint density at radius 2 is 1.44 bits per heavy atom. The van der Waals surface area contributed by atoms with Gasteiger partial charge in [-0.3, -0.25) is 14.4 Å². The van der Waals surface area contributed by atoms with Crippen molar-refractivity contribution in [1.29, 1.82) is 0 Å². The van der Waals surface area contributed by atoms with Crippen molar-refractivity contribution < 1.29 is 23.9 Å². The number of imide groups is 1. The number of benzene rings is 2. The summed E-state index contributed by atoms with van der Waals surface area (Å²) in [4.78, 5) is 53.2. The Bertz CT molecular complexity index is 1090. The van der Waals surface area contributed by atoms with Crippen LogP contribution in [-0.2, 0) is 14.3 Å². The van der Waals surface area contributed by atoms with E-state index in [0.29, 0.717) is 5.56 Å². The van der Waals surface area contributed by atoms with Crippen molar-refractivity contribution in [3.63, 3.8) is 0 Å². The fraction of sp³-hybridized carbons (Fsp3) is 0.333. The number of halogens is 2. The highest BCUT2D eigenvalue weighted by molar-refractivity contribution is 9.12. The second-order valence-corrected chi connectivity index (χ2v) is 10.5. The first-order valence-electron chi connectivity index (χ1n) is 10.4. The molecule has 1 aliphatic heterocycles. The summed E-state index contributed by atoms with van der Waals surface area (Å²) in [6.07, 6.45) is 0.831. The maximum atomic E-state index is 13.3. The maximum absolute atomic E-state index is 13.3. The molecule has 0 spiro atoms. The van der Waals surface area contributed by atoms with Gasteiger partial charge in [0.15, 0.2) is 12.4 Å². The smallest absolute Gasteiger partial charge is 0.340 e. The fourth-order valence-corrected chi connectivity index (χ4v) is 7.22. The predicted molar refractivity (Wildman–Crippen MR) is 124 cm³/mol. The van der Waals surface area contributed by atoms with Crippen LogP contribution < -0.4 is 4.90 Å². The lowest BCUT2D eigenvalue weighted by atomic mass is 9.81. The Balaban J connectivity index is 1.38. The molecule has 164 valence electrons. The highest BCUT2D eigenvalue weighted by Gasteiger charge is 2.66. The monoisotopic (exact) mass is 559 g/mol. The highest BCUT2D eigenvalue weighted by atomic mass is 79.9. The molecule has 1 heterocycles. The molecule has 0 aromatic heterocycles. The van der Waals surface area contributed by atoms with Gasteiger partial charge in [-0.25, -0.2) is 9.69 Å². The minimum atomic E-state index is -0.748. The van der Waals surface area contributed by atoms with Crippen LogP contribution in [0.3, 0.4) is 0 Å². The second-order valence-electron chi connectivity index (χ2n) is 8.40. The van der Waals surface area contributed by atoms with Crippen LogP contribution in [0.5, 0.6) is 0 Å². The zero-order chi connectivity index (χ0) is 22.6. The van der Waals surface area contributed by atoms with Gasteiger partial charge in [-0.2, -0.15) is 0 Å². The first-order chi connectivity index (χ1) is 15.4. The molecule has 0 radical (unpaired) electrons. The number of esters is 1. The Morgan fingerprint density at radius 1 is 0.875 bits per heavy atom. The van der Waals surface area contributed by atoms with E-state index in [1.165, 1.54) is 6.07 Å². The van der Waals surface area contributed by atoms with Crippen LogP contribution >= 0.6 is 31.9 Å². The number of carbonyl (C=O) groups is 4. The fourth-order valence-electron chi connectivity index (χ4n) is 5.34. The molecule has 2 aromatic rings. The van der Waals surface area contributed by atoms with Crippen LogP contribution in [0, 0.1) is 23.7 Å². The van der Waals surface area contributed by atoms with Crippen molar-refractivity contribution in [2.24, 2.45) is 23.7 Å². The van der Waals surface area contributed by atoms with Crippen molar-refractivity contribution in [3.05, 3.63) is 65.7 Å². The van der Waals surface area contributed by atoms with Crippen molar-refractivity contribution in [1.82, 2.24) is 0 Å². The number of ether oxygens (including phenoxy) is 1. The van der Waals surface area contributed by atoms with Gasteiger partial charge in [0.05, 0.1) is 23.1 Å². The molecule has 3 fully saturated rings. The third-order valence-electron chi connectivity index (χ3n) is 6.78. The van der Waals surface area contributed by atoms with Crippen LogP contribution in [0.4, 0.5) is 5.69 Å². The summed E-state index contributed by atoms with van der Waals surface area (Å²) >= 11 is 7.35. The van der Waals surface area contributed by atoms with Gasteiger partial charge in [0.1, 0.15) is 0 Å². The van der Waals surface area contributed by atoms with E-state index >= 15 is 0 Å². The van der Waals surface area contributed by atoms with Crippen LogP contribution in [-0.4, -0.2) is 39.8 Å². The molecule has 8 heteroatoms. The number of amides is 2. The first-order valence-corrected chi connectivity index (χ1v) is 12.2. The Labute approximate surface area is 201 Å². The lowest BCUT2D eigenvalue weighted by Gasteiger charge is -2.28. The number of fused-ring (bicyclic) bond motifs is 5. The van der Waals surface area contributed by atoms with Gasteiger partial charge in [-0.05, 0) is 30.4 Å². The van der Waals surface area contributed by atoms with Crippen molar-refractivity contribution in [2.45, 2.75) is 16.1 Å². The van der Waals surface area contributed by atoms with Gasteiger partial charge in [-0.1, -0.05) is 74.3 Å². The number of Topliss-reactive ketones (excluding diaryl/α,β-unsaturated/α-hetero) is 1. The summed E-state index contributed by atoms with van der Waals surface area (Å²) in [5.74, 6) is -2.21. The quantitative estimate of drug-likeness (QED) is 0.239. The van der Waals surface area contributed by atoms with Crippen molar-refractivity contribution in [3.8, 4) is 0 Å². The van der Waals surface area contributed by atoms with Gasteiger partial charge in [0.2, 0.25) is 11.8 Å². The van der Waals surface area contributed by atoms with Crippen LogP contribution in [0.2, 0.25) is 0 Å². The number of nitrogens with zero attached hydrogens (tertiary/aromatic N) is 1. The molecule has 0 unspecified atom stereocenters. The number of ketones is 1. The molecule has 5 rings (SSSR count). The Hall–Kier alpha value is -2.32. The van der Waals surface area contributed by atoms with E-state index in [1.807, 2.05) is 0 Å². The number of hydrogen-bond donors (Lipinski definition) is 0. The van der Waals surface area contributed by atoms with Gasteiger partial charge >= 0.3 is 5.97 Å². The van der Waals surface area contributed by atoms with Crippen LogP contribution in [0.1, 0.15) is 27.1 Å². The topological polar surface area (TPSA) is 80.8 Å². The minimum absolute atomic E-state index is 0.0819. The lowest BCUT2D eigenvalue weighted by Crippen LogP contribution is -2.37. The largest absolute Gasteiger partial charge is 0.454 e. The summed E-state index contributed by atoms with van der Waals surface area (Å²) in [6, 6.07) is 14.9. The summed E-state index contributed by atoms with van der Waals surface area (Å²) in [7, 11) is 0. The number of hydrogen-bond acceptors (Lipinski definition) is 5. The summed E-state index contributed by atoms with van der Waals surface area (Å²) in [5.41, 5.74) is 0.745. The molecule has 2 saturated carbocycles. The highest BCUT2D eigenvalue weighted by Crippen LogP contribution is 2.60. The van der Waals surface area contributed by atoms with E-state index in [9.17, 15) is 19.2 Å². The molecule has 2 amide bonds. The molecule has 2 aromatic carbocycles. The van der Waals surface area contributed by atoms with E-state index in [4.69, 9.17) is 4.74 Å². The SMILES string of the molecule is O=C(COC(=O)c1ccccc1N1C(=O)[C@@H]2[C@H]3C[C@H]([C@H](Br)[C@@H]3Br)[C@@H]2C1=O)c1ccccc1. The minimum Gasteiger partial charge on any atom is -0.454 e. The molecule has 2 bridgehead atoms. The van der Waals surface area contributed by atoms with E-state index in [1.54, 1.807) is 48.5 Å². The summed E-state index contributed by atoms with van der Waals surface area (Å²) in [5, 5.41) is 0. The molecule has 1 saturated heterocycles. The summed E-state index contributed by atoms with van der Waals surface area (Å²) < 4.78 is 5.24. The van der Waals surface area contributed by atoms with E-state index < -0.39 is 12.6 Å². The molecule has 0 N–H and O–H groups in total. The predicted octanol–water partition coefficient (Wildman–Crippen LogP) is 4.01. The lowest BCUT2D eigenvalue weighted by molar-refractivity contribution is -0.123. The second kappa shape index (κ2) is 8.23.